The van der Waals surface area contributed by atoms with Crippen LogP contribution in [-0.4, -0.2) is 25.9 Å². The van der Waals surface area contributed by atoms with Gasteiger partial charge in [-0.25, -0.2) is 0 Å². The average molecular weight is 621 g/mol. The normalized spacial score (nSPS) is 16.7. The standard InChI is InChI=1S/C34H52O6S2/c1-27-19-21-33(41(35,36)37)31(23-27)25-30(26-32-24-28(2)20-22-34(32)42(38,39)40)18-14-10-13-17-29-15-11-8-6-4-3-5-7-9-12-16-29/h19-24,29-30H,3-18,25-26H2,1-2H3,(H,35,36,37)(H,38,39,40). The van der Waals surface area contributed by atoms with Gasteiger partial charge < -0.3 is 0 Å². The summed E-state index contributed by atoms with van der Waals surface area (Å²) in [5.74, 6) is 0.741. The minimum Gasteiger partial charge on any atom is -0.282 e. The predicted octanol–water partition coefficient (Wildman–Crippen LogP) is 9.07. The lowest BCUT2D eigenvalue weighted by molar-refractivity contribution is 0.356. The molecule has 6 nitrogen and oxygen atoms in total. The first-order valence-corrected chi connectivity index (χ1v) is 19.0. The quantitative estimate of drug-likeness (QED) is 0.181. The van der Waals surface area contributed by atoms with E-state index in [4.69, 9.17) is 0 Å². The molecule has 0 saturated heterocycles. The van der Waals surface area contributed by atoms with Crippen molar-refractivity contribution >= 4 is 20.2 Å². The molecule has 0 aliphatic heterocycles. The molecule has 1 aliphatic carbocycles. The molecule has 42 heavy (non-hydrogen) atoms. The lowest BCUT2D eigenvalue weighted by Crippen LogP contribution is -2.14. The molecule has 0 amide bonds. The van der Waals surface area contributed by atoms with Crippen LogP contribution in [0.15, 0.2) is 46.2 Å². The number of rotatable bonds is 12. The summed E-state index contributed by atoms with van der Waals surface area (Å²) in [5.41, 5.74) is 2.86. The molecule has 0 aromatic heterocycles. The van der Waals surface area contributed by atoms with E-state index in [0.717, 1.165) is 36.3 Å². The summed E-state index contributed by atoms with van der Waals surface area (Å²) in [5, 5.41) is 0. The smallest absolute Gasteiger partial charge is 0.282 e. The maximum absolute atomic E-state index is 12.2. The molecular weight excluding hydrogens is 569 g/mol. The highest BCUT2D eigenvalue weighted by Crippen LogP contribution is 2.30. The molecule has 0 spiro atoms. The van der Waals surface area contributed by atoms with Gasteiger partial charge in [0.2, 0.25) is 0 Å². The molecule has 0 unspecified atom stereocenters. The van der Waals surface area contributed by atoms with Crippen molar-refractivity contribution in [2.45, 2.75) is 139 Å². The van der Waals surface area contributed by atoms with E-state index < -0.39 is 20.2 Å². The van der Waals surface area contributed by atoms with E-state index in [1.54, 1.807) is 24.3 Å². The topological polar surface area (TPSA) is 109 Å². The molecule has 1 saturated carbocycles. The lowest BCUT2D eigenvalue weighted by Gasteiger charge is -2.21. The van der Waals surface area contributed by atoms with Gasteiger partial charge in [0.1, 0.15) is 0 Å². The Morgan fingerprint density at radius 2 is 1.07 bits per heavy atom. The van der Waals surface area contributed by atoms with E-state index in [-0.39, 0.29) is 15.7 Å². The highest BCUT2D eigenvalue weighted by atomic mass is 32.2. The zero-order valence-corrected chi connectivity index (χ0v) is 27.3. The molecule has 1 aliphatic rings. The second-order valence-corrected chi connectivity index (χ2v) is 15.5. The van der Waals surface area contributed by atoms with Gasteiger partial charge in [0, 0.05) is 0 Å². The van der Waals surface area contributed by atoms with Crippen molar-refractivity contribution < 1.29 is 25.9 Å². The number of unbranched alkanes of at least 4 members (excludes halogenated alkanes) is 2. The van der Waals surface area contributed by atoms with Crippen LogP contribution < -0.4 is 0 Å². The second-order valence-electron chi connectivity index (χ2n) is 12.7. The maximum atomic E-state index is 12.2. The summed E-state index contributed by atoms with van der Waals surface area (Å²) in [6.45, 7) is 3.76. The predicted molar refractivity (Wildman–Crippen MR) is 170 cm³/mol. The van der Waals surface area contributed by atoms with Crippen molar-refractivity contribution in [2.24, 2.45) is 11.8 Å². The Labute approximate surface area is 255 Å². The minimum atomic E-state index is -4.40. The summed E-state index contributed by atoms with van der Waals surface area (Å²) in [6.07, 6.45) is 21.0. The summed E-state index contributed by atoms with van der Waals surface area (Å²) >= 11 is 0. The molecule has 236 valence electrons. The first kappa shape index (κ1) is 34.7. The molecule has 2 aromatic rings. The summed E-state index contributed by atoms with van der Waals surface area (Å²) in [4.78, 5) is -0.195. The molecular formula is C34H52O6S2. The van der Waals surface area contributed by atoms with Gasteiger partial charge in [-0.1, -0.05) is 132 Å². The third kappa shape index (κ3) is 12.1. The fourth-order valence-electron chi connectivity index (χ4n) is 6.72. The number of hydrogen-bond donors (Lipinski definition) is 2. The van der Waals surface area contributed by atoms with Crippen LogP contribution in [0.5, 0.6) is 0 Å². The maximum Gasteiger partial charge on any atom is 0.294 e. The van der Waals surface area contributed by atoms with Crippen molar-refractivity contribution in [3.8, 4) is 0 Å². The molecule has 0 heterocycles. The molecule has 8 heteroatoms. The van der Waals surface area contributed by atoms with Crippen LogP contribution in [0.1, 0.15) is 125 Å². The fraction of sp³-hybridized carbons (Fsp3) is 0.647. The van der Waals surface area contributed by atoms with Crippen LogP contribution in [0.3, 0.4) is 0 Å². The largest absolute Gasteiger partial charge is 0.294 e. The highest BCUT2D eigenvalue weighted by Gasteiger charge is 2.23. The van der Waals surface area contributed by atoms with Crippen LogP contribution in [0.2, 0.25) is 0 Å². The van der Waals surface area contributed by atoms with Crippen molar-refractivity contribution in [1.29, 1.82) is 0 Å². The SMILES string of the molecule is Cc1ccc(S(=O)(=O)O)c(CC(CCCCCC2CCCCCCCCCCC2)Cc2cc(C)ccc2S(=O)(=O)O)c1. The molecule has 0 radical (unpaired) electrons. The van der Waals surface area contributed by atoms with Gasteiger partial charge in [0.05, 0.1) is 9.79 Å². The van der Waals surface area contributed by atoms with Gasteiger partial charge in [-0.05, 0) is 68.2 Å². The van der Waals surface area contributed by atoms with Crippen molar-refractivity contribution in [2.75, 3.05) is 0 Å². The lowest BCUT2D eigenvalue weighted by atomic mass is 9.86. The van der Waals surface area contributed by atoms with Crippen molar-refractivity contribution in [3.05, 3.63) is 58.7 Å². The zero-order valence-electron chi connectivity index (χ0n) is 25.7. The monoisotopic (exact) mass is 620 g/mol. The summed E-state index contributed by atoms with van der Waals surface area (Å²) in [7, 11) is -8.80. The molecule has 2 N–H and O–H groups in total. The van der Waals surface area contributed by atoms with Gasteiger partial charge in [0.15, 0.2) is 0 Å². The Kier molecular flexibility index (Phi) is 14.0. The third-order valence-electron chi connectivity index (χ3n) is 8.95. The van der Waals surface area contributed by atoms with Gasteiger partial charge in [-0.15, -0.1) is 0 Å². The van der Waals surface area contributed by atoms with E-state index in [0.29, 0.717) is 24.0 Å². The zero-order chi connectivity index (χ0) is 30.6. The Morgan fingerprint density at radius 1 is 0.643 bits per heavy atom. The molecule has 0 bridgehead atoms. The minimum absolute atomic E-state index is 0.0593. The third-order valence-corrected chi connectivity index (χ3v) is 10.9. The van der Waals surface area contributed by atoms with Crippen LogP contribution in [0.25, 0.3) is 0 Å². The van der Waals surface area contributed by atoms with Crippen LogP contribution in [0, 0.1) is 25.7 Å². The summed E-state index contributed by atoms with van der Waals surface area (Å²) in [6, 6.07) is 9.80. The van der Waals surface area contributed by atoms with E-state index >= 15 is 0 Å². The number of hydrogen-bond acceptors (Lipinski definition) is 4. The number of benzene rings is 2. The van der Waals surface area contributed by atoms with Gasteiger partial charge in [-0.3, -0.25) is 9.11 Å². The van der Waals surface area contributed by atoms with Crippen LogP contribution >= 0.6 is 0 Å². The molecule has 1 fully saturated rings. The molecule has 2 aromatic carbocycles. The van der Waals surface area contributed by atoms with Crippen molar-refractivity contribution in [3.63, 3.8) is 0 Å². The first-order valence-electron chi connectivity index (χ1n) is 16.1. The van der Waals surface area contributed by atoms with E-state index in [9.17, 15) is 25.9 Å². The van der Waals surface area contributed by atoms with E-state index in [1.807, 2.05) is 13.8 Å². The van der Waals surface area contributed by atoms with Gasteiger partial charge >= 0.3 is 0 Å². The Hall–Kier alpha value is -1.74. The molecule has 0 atom stereocenters. The Balaban J connectivity index is 1.70. The van der Waals surface area contributed by atoms with E-state index in [2.05, 4.69) is 0 Å². The summed E-state index contributed by atoms with van der Waals surface area (Å²) < 4.78 is 68.4. The number of aryl methyl sites for hydroxylation is 2. The Bertz CT molecular complexity index is 1240. The fourth-order valence-corrected chi connectivity index (χ4v) is 8.14. The van der Waals surface area contributed by atoms with Crippen LogP contribution in [-0.2, 0) is 33.1 Å². The Morgan fingerprint density at radius 3 is 1.50 bits per heavy atom. The van der Waals surface area contributed by atoms with E-state index in [1.165, 1.54) is 95.6 Å². The van der Waals surface area contributed by atoms with Gasteiger partial charge in [-0.2, -0.15) is 16.8 Å². The first-order chi connectivity index (χ1) is 19.9. The van der Waals surface area contributed by atoms with Crippen molar-refractivity contribution in [1.82, 2.24) is 0 Å². The average Bonchev–Trinajstić information content (AvgIpc) is 2.88. The second kappa shape index (κ2) is 16.9. The van der Waals surface area contributed by atoms with Crippen LogP contribution in [0.4, 0.5) is 0 Å². The molecule has 3 rings (SSSR count). The van der Waals surface area contributed by atoms with Gasteiger partial charge in [0.25, 0.3) is 20.2 Å². The highest BCUT2D eigenvalue weighted by molar-refractivity contribution is 7.86.